The van der Waals surface area contributed by atoms with Gasteiger partial charge in [-0.05, 0) is 58.6 Å². The molecule has 6 N–H and O–H groups in total. The fraction of sp³-hybridized carbons (Fsp3) is 0.600. The van der Waals surface area contributed by atoms with Gasteiger partial charge in [0, 0.05) is 46.4 Å². The van der Waals surface area contributed by atoms with Gasteiger partial charge in [-0.1, -0.05) is 30.3 Å². The molecule has 12 heteroatoms. The van der Waals surface area contributed by atoms with E-state index in [2.05, 4.69) is 26.3 Å². The third-order valence-corrected chi connectivity index (χ3v) is 6.71. The molecule has 1 aromatic rings. The van der Waals surface area contributed by atoms with E-state index in [-0.39, 0.29) is 49.2 Å². The van der Waals surface area contributed by atoms with E-state index < -0.39 is 23.9 Å². The maximum Gasteiger partial charge on any atom is 0.243 e. The third-order valence-electron chi connectivity index (χ3n) is 6.71. The SMILES string of the molecule is CNC(CCCCNC(=O)C(Cc1ccccc1)NC(=O)C(CCCN=C(N)N(C)C)NC(=O)CCC(C)=O)C(C)=O. The van der Waals surface area contributed by atoms with Crippen LogP contribution in [0, 0.1) is 0 Å². The van der Waals surface area contributed by atoms with E-state index in [1.54, 1.807) is 33.0 Å². The first-order valence-electron chi connectivity index (χ1n) is 14.5. The Morgan fingerprint density at radius 1 is 0.857 bits per heavy atom. The number of ketones is 2. The van der Waals surface area contributed by atoms with E-state index >= 15 is 0 Å². The van der Waals surface area contributed by atoms with Gasteiger partial charge in [0.05, 0.1) is 6.04 Å². The Balaban J connectivity index is 2.93. The summed E-state index contributed by atoms with van der Waals surface area (Å²) in [4.78, 5) is 68.0. The van der Waals surface area contributed by atoms with Gasteiger partial charge in [-0.25, -0.2) is 0 Å². The molecule has 3 amide bonds. The molecule has 0 saturated heterocycles. The molecule has 0 saturated carbocycles. The second-order valence-corrected chi connectivity index (χ2v) is 10.6. The molecule has 3 unspecified atom stereocenters. The number of carbonyl (C=O) groups excluding carboxylic acids is 5. The van der Waals surface area contributed by atoms with Gasteiger partial charge in [0.1, 0.15) is 23.7 Å². The quantitative estimate of drug-likeness (QED) is 0.0841. The molecule has 0 heterocycles. The Morgan fingerprint density at radius 3 is 2.12 bits per heavy atom. The molecule has 0 radical (unpaired) electrons. The molecular formula is C30H49N7O5. The van der Waals surface area contributed by atoms with E-state index in [1.807, 2.05) is 30.3 Å². The molecule has 1 rings (SSSR count). The van der Waals surface area contributed by atoms with Gasteiger partial charge in [0.15, 0.2) is 5.96 Å². The van der Waals surface area contributed by atoms with E-state index in [0.717, 1.165) is 12.0 Å². The maximum atomic E-state index is 13.4. The molecule has 0 aliphatic carbocycles. The van der Waals surface area contributed by atoms with Crippen LogP contribution in [0.25, 0.3) is 0 Å². The summed E-state index contributed by atoms with van der Waals surface area (Å²) in [6.07, 6.45) is 3.12. The molecule has 1 aromatic carbocycles. The number of hydrogen-bond donors (Lipinski definition) is 5. The first kappa shape index (κ1) is 36.2. The van der Waals surface area contributed by atoms with Gasteiger partial charge in [-0.2, -0.15) is 0 Å². The van der Waals surface area contributed by atoms with E-state index in [1.165, 1.54) is 6.92 Å². The Bertz CT molecular complexity index is 1050. The van der Waals surface area contributed by atoms with Crippen molar-refractivity contribution in [3.8, 4) is 0 Å². The first-order valence-corrected chi connectivity index (χ1v) is 14.5. The standard InChI is InChI=1S/C30H49N7O5/c1-21(38)16-17-27(40)35-25(15-11-19-34-30(31)37(4)5)29(42)36-26(20-23-12-7-6-8-13-23)28(41)33-18-10-9-14-24(32-3)22(2)39/h6-8,12-13,24-26,32H,9-11,14-20H2,1-5H3,(H2,31,34)(H,33,41)(H,35,40)(H,36,42). The Kier molecular flexibility index (Phi) is 17.4. The molecule has 0 spiro atoms. The second-order valence-electron chi connectivity index (χ2n) is 10.6. The van der Waals surface area contributed by atoms with Gasteiger partial charge in [-0.15, -0.1) is 0 Å². The number of nitrogens with zero attached hydrogens (tertiary/aromatic N) is 2. The predicted octanol–water partition coefficient (Wildman–Crippen LogP) is 0.688. The number of likely N-dealkylation sites (N-methyl/N-ethyl adjacent to an activating group) is 1. The number of aliphatic imine (C=N–C) groups is 1. The number of guanidine groups is 1. The summed E-state index contributed by atoms with van der Waals surface area (Å²) < 4.78 is 0. The maximum absolute atomic E-state index is 13.4. The minimum Gasteiger partial charge on any atom is -0.370 e. The highest BCUT2D eigenvalue weighted by Crippen LogP contribution is 2.07. The zero-order chi connectivity index (χ0) is 31.5. The van der Waals surface area contributed by atoms with Crippen molar-refractivity contribution in [1.82, 2.24) is 26.2 Å². The number of amides is 3. The monoisotopic (exact) mass is 587 g/mol. The van der Waals surface area contributed by atoms with Crippen molar-refractivity contribution in [2.75, 3.05) is 34.2 Å². The van der Waals surface area contributed by atoms with Crippen molar-refractivity contribution >= 4 is 35.2 Å². The molecule has 0 fully saturated rings. The number of nitrogens with one attached hydrogen (secondary N) is 4. The Morgan fingerprint density at radius 2 is 1.52 bits per heavy atom. The lowest BCUT2D eigenvalue weighted by atomic mass is 10.0. The summed E-state index contributed by atoms with van der Waals surface area (Å²) in [7, 11) is 5.29. The lowest BCUT2D eigenvalue weighted by Gasteiger charge is -2.23. The van der Waals surface area contributed by atoms with Crippen LogP contribution in [0.1, 0.15) is 64.4 Å². The Labute approximate surface area is 249 Å². The van der Waals surface area contributed by atoms with Crippen LogP contribution in [0.3, 0.4) is 0 Å². The van der Waals surface area contributed by atoms with Gasteiger partial charge < -0.3 is 36.7 Å². The fourth-order valence-corrected chi connectivity index (χ4v) is 4.15. The number of nitrogens with two attached hydrogens (primary N) is 1. The number of rotatable bonds is 20. The van der Waals surface area contributed by atoms with Crippen LogP contribution in [-0.4, -0.2) is 92.5 Å². The predicted molar refractivity (Wildman–Crippen MR) is 164 cm³/mol. The van der Waals surface area contributed by atoms with Gasteiger partial charge >= 0.3 is 0 Å². The molecule has 12 nitrogen and oxygen atoms in total. The summed E-state index contributed by atoms with van der Waals surface area (Å²) in [6, 6.07) is 7.33. The summed E-state index contributed by atoms with van der Waals surface area (Å²) in [5.41, 5.74) is 6.71. The van der Waals surface area contributed by atoms with Crippen LogP contribution in [0.4, 0.5) is 0 Å². The molecular weight excluding hydrogens is 538 g/mol. The second kappa shape index (κ2) is 20.1. The lowest BCUT2D eigenvalue weighted by molar-refractivity contribution is -0.132. The summed E-state index contributed by atoms with van der Waals surface area (Å²) in [6.45, 7) is 3.69. The van der Waals surface area contributed by atoms with Crippen LogP contribution < -0.4 is 27.0 Å². The highest BCUT2D eigenvalue weighted by Gasteiger charge is 2.27. The normalized spacial score (nSPS) is 13.4. The van der Waals surface area contributed by atoms with Crippen molar-refractivity contribution in [1.29, 1.82) is 0 Å². The van der Waals surface area contributed by atoms with Crippen molar-refractivity contribution < 1.29 is 24.0 Å². The molecule has 42 heavy (non-hydrogen) atoms. The Hall–Kier alpha value is -3.80. The van der Waals surface area contributed by atoms with E-state index in [0.29, 0.717) is 38.3 Å². The van der Waals surface area contributed by atoms with Crippen LogP contribution in [0.2, 0.25) is 0 Å². The smallest absolute Gasteiger partial charge is 0.243 e. The molecule has 0 aliphatic heterocycles. The summed E-state index contributed by atoms with van der Waals surface area (Å²) in [5, 5.41) is 11.4. The zero-order valence-electron chi connectivity index (χ0n) is 25.7. The lowest BCUT2D eigenvalue weighted by Crippen LogP contribution is -2.54. The topological polar surface area (TPSA) is 175 Å². The third kappa shape index (κ3) is 15.3. The molecule has 0 bridgehead atoms. The van der Waals surface area contributed by atoms with Gasteiger partial charge in [0.25, 0.3) is 0 Å². The number of hydrogen-bond acceptors (Lipinski definition) is 7. The first-order chi connectivity index (χ1) is 19.9. The van der Waals surface area contributed by atoms with Crippen molar-refractivity contribution in [2.24, 2.45) is 10.7 Å². The number of carbonyl (C=O) groups is 5. The number of benzene rings is 1. The highest BCUT2D eigenvalue weighted by atomic mass is 16.2. The summed E-state index contributed by atoms with van der Waals surface area (Å²) in [5.74, 6) is -0.954. The van der Waals surface area contributed by atoms with Gasteiger partial charge in [0.2, 0.25) is 17.7 Å². The average Bonchev–Trinajstić information content (AvgIpc) is 2.94. The minimum absolute atomic E-state index is 0.0309. The van der Waals surface area contributed by atoms with Crippen LogP contribution in [0.5, 0.6) is 0 Å². The van der Waals surface area contributed by atoms with Crippen LogP contribution in [-0.2, 0) is 30.4 Å². The molecule has 234 valence electrons. The molecule has 0 aromatic heterocycles. The zero-order valence-corrected chi connectivity index (χ0v) is 25.7. The summed E-state index contributed by atoms with van der Waals surface area (Å²) >= 11 is 0. The molecule has 0 aliphatic rings. The molecule has 3 atom stereocenters. The van der Waals surface area contributed by atoms with Crippen LogP contribution in [0.15, 0.2) is 35.3 Å². The van der Waals surface area contributed by atoms with Crippen molar-refractivity contribution in [3.05, 3.63) is 35.9 Å². The highest BCUT2D eigenvalue weighted by molar-refractivity contribution is 5.92. The largest absolute Gasteiger partial charge is 0.370 e. The van der Waals surface area contributed by atoms with Crippen molar-refractivity contribution in [3.63, 3.8) is 0 Å². The van der Waals surface area contributed by atoms with Gasteiger partial charge in [-0.3, -0.25) is 24.2 Å². The van der Waals surface area contributed by atoms with E-state index in [4.69, 9.17) is 5.73 Å². The minimum atomic E-state index is -0.920. The number of unbranched alkanes of at least 4 members (excludes halogenated alkanes) is 1. The number of Topliss-reactive ketones (excluding diaryl/α,β-unsaturated/α-hetero) is 2. The van der Waals surface area contributed by atoms with Crippen molar-refractivity contribution in [2.45, 2.75) is 83.3 Å². The van der Waals surface area contributed by atoms with Crippen LogP contribution >= 0.6 is 0 Å². The fourth-order valence-electron chi connectivity index (χ4n) is 4.15. The van der Waals surface area contributed by atoms with E-state index in [9.17, 15) is 24.0 Å². The average molecular weight is 588 g/mol.